The smallest absolute Gasteiger partial charge is 0.254 e. The van der Waals surface area contributed by atoms with Gasteiger partial charge in [-0.15, -0.1) is 0 Å². The molecule has 0 bridgehead atoms. The fourth-order valence-corrected chi connectivity index (χ4v) is 6.16. The number of pyridine rings is 1. The predicted octanol–water partition coefficient (Wildman–Crippen LogP) is 4.56. The molecule has 0 amide bonds. The minimum atomic E-state index is -3.73. The lowest BCUT2D eigenvalue weighted by molar-refractivity contribution is 0.414. The van der Waals surface area contributed by atoms with Crippen LogP contribution >= 0.6 is 22.6 Å². The van der Waals surface area contributed by atoms with Crippen molar-refractivity contribution < 1.29 is 17.5 Å². The van der Waals surface area contributed by atoms with Crippen LogP contribution < -0.4 is 20.3 Å². The zero-order valence-electron chi connectivity index (χ0n) is 18.9. The molecule has 0 saturated heterocycles. The molecule has 2 aromatic carbocycles. The number of anilines is 3. The largest absolute Gasteiger partial charge is 0.497 e. The van der Waals surface area contributed by atoms with Gasteiger partial charge in [-0.2, -0.15) is 0 Å². The summed E-state index contributed by atoms with van der Waals surface area (Å²) in [5.41, 5.74) is 1.42. The molecule has 1 saturated carbocycles. The predicted molar refractivity (Wildman–Crippen MR) is 140 cm³/mol. The number of sulfonamides is 1. The van der Waals surface area contributed by atoms with Crippen molar-refractivity contribution in [3.63, 3.8) is 0 Å². The molecule has 0 radical (unpaired) electrons. The van der Waals surface area contributed by atoms with Gasteiger partial charge in [0, 0.05) is 16.2 Å². The standard InChI is InChI=1S/C24H25FIN3O4S/c1-14-9-21(23(29(2)24(14)30)27-20-8-7-17(26)13-19(20)25)28-34(31,32)22-12-16(22)10-15-5-4-6-18(11-15)33-3/h4-9,11,13,16,22,27-28H,10,12H2,1-3H3. The molecule has 10 heteroatoms. The number of benzene rings is 2. The van der Waals surface area contributed by atoms with Gasteiger partial charge >= 0.3 is 0 Å². The summed E-state index contributed by atoms with van der Waals surface area (Å²) >= 11 is 2.00. The van der Waals surface area contributed by atoms with Crippen LogP contribution in [0.25, 0.3) is 0 Å². The molecular formula is C24H25FIN3O4S. The molecular weight excluding hydrogens is 572 g/mol. The summed E-state index contributed by atoms with van der Waals surface area (Å²) in [4.78, 5) is 12.5. The third-order valence-corrected chi connectivity index (χ3v) is 8.47. The number of aryl methyl sites for hydroxylation is 1. The normalized spacial score (nSPS) is 17.3. The van der Waals surface area contributed by atoms with Crippen LogP contribution in [-0.2, 0) is 23.5 Å². The Bertz CT molecular complexity index is 1410. The van der Waals surface area contributed by atoms with Crippen LogP contribution in [0, 0.1) is 22.2 Å². The van der Waals surface area contributed by atoms with Crippen LogP contribution in [0.1, 0.15) is 17.5 Å². The highest BCUT2D eigenvalue weighted by atomic mass is 127. The molecule has 180 valence electrons. The Morgan fingerprint density at radius 1 is 1.18 bits per heavy atom. The molecule has 1 aliphatic rings. The zero-order chi connectivity index (χ0) is 24.6. The lowest BCUT2D eigenvalue weighted by Crippen LogP contribution is -2.26. The molecule has 1 heterocycles. The first-order valence-electron chi connectivity index (χ1n) is 10.7. The summed E-state index contributed by atoms with van der Waals surface area (Å²) in [5.74, 6) is 0.372. The van der Waals surface area contributed by atoms with Crippen molar-refractivity contribution in [2.24, 2.45) is 13.0 Å². The van der Waals surface area contributed by atoms with Crippen LogP contribution in [-0.4, -0.2) is 25.3 Å². The number of halogens is 2. The molecule has 4 rings (SSSR count). The third-order valence-electron chi connectivity index (χ3n) is 5.92. The second-order valence-electron chi connectivity index (χ2n) is 8.44. The summed E-state index contributed by atoms with van der Waals surface area (Å²) < 4.78 is 50.7. The number of rotatable bonds is 8. The van der Waals surface area contributed by atoms with Crippen LogP contribution in [0.15, 0.2) is 53.3 Å². The Labute approximate surface area is 211 Å². The average molecular weight is 597 g/mol. The van der Waals surface area contributed by atoms with Crippen LogP contribution in [0.5, 0.6) is 5.75 Å². The van der Waals surface area contributed by atoms with Crippen molar-refractivity contribution in [3.05, 3.63) is 79.4 Å². The second-order valence-corrected chi connectivity index (χ2v) is 11.6. The summed E-state index contributed by atoms with van der Waals surface area (Å²) in [6.07, 6.45) is 1.15. The zero-order valence-corrected chi connectivity index (χ0v) is 21.9. The van der Waals surface area contributed by atoms with E-state index in [1.165, 1.54) is 23.7 Å². The maximum Gasteiger partial charge on any atom is 0.254 e. The number of ether oxygens (including phenoxy) is 1. The first-order valence-corrected chi connectivity index (χ1v) is 13.3. The lowest BCUT2D eigenvalue weighted by Gasteiger charge is -2.19. The quantitative estimate of drug-likeness (QED) is 0.372. The van der Waals surface area contributed by atoms with E-state index in [2.05, 4.69) is 10.0 Å². The monoisotopic (exact) mass is 597 g/mol. The molecule has 1 aliphatic carbocycles. The lowest BCUT2D eigenvalue weighted by atomic mass is 10.1. The van der Waals surface area contributed by atoms with Gasteiger partial charge in [0.05, 0.1) is 23.7 Å². The Morgan fingerprint density at radius 2 is 1.94 bits per heavy atom. The SMILES string of the molecule is COc1cccc(CC2CC2S(=O)(=O)Nc2cc(C)c(=O)n(C)c2Nc2ccc(I)cc2F)c1. The van der Waals surface area contributed by atoms with Crippen molar-refractivity contribution in [3.8, 4) is 5.75 Å². The first kappa shape index (κ1) is 24.5. The van der Waals surface area contributed by atoms with E-state index in [1.807, 2.05) is 46.9 Å². The van der Waals surface area contributed by atoms with E-state index < -0.39 is 21.1 Å². The van der Waals surface area contributed by atoms with E-state index in [1.54, 1.807) is 26.2 Å². The van der Waals surface area contributed by atoms with Crippen LogP contribution in [0.4, 0.5) is 21.6 Å². The van der Waals surface area contributed by atoms with Crippen molar-refractivity contribution in [2.75, 3.05) is 17.1 Å². The van der Waals surface area contributed by atoms with Gasteiger partial charge in [0.25, 0.3) is 5.56 Å². The summed E-state index contributed by atoms with van der Waals surface area (Å²) in [5, 5.41) is 2.34. The Kier molecular flexibility index (Phi) is 6.90. The van der Waals surface area contributed by atoms with E-state index in [0.29, 0.717) is 18.4 Å². The highest BCUT2D eigenvalue weighted by Gasteiger charge is 2.47. The van der Waals surface area contributed by atoms with Crippen molar-refractivity contribution in [1.82, 2.24) is 4.57 Å². The number of nitrogens with zero attached hydrogens (tertiary/aromatic N) is 1. The molecule has 0 spiro atoms. The van der Waals surface area contributed by atoms with E-state index in [9.17, 15) is 17.6 Å². The van der Waals surface area contributed by atoms with Gasteiger partial charge in [-0.3, -0.25) is 14.1 Å². The van der Waals surface area contributed by atoms with Gasteiger partial charge in [-0.25, -0.2) is 12.8 Å². The van der Waals surface area contributed by atoms with Crippen molar-refractivity contribution in [1.29, 1.82) is 0 Å². The Balaban J connectivity index is 1.58. The maximum atomic E-state index is 14.5. The molecule has 34 heavy (non-hydrogen) atoms. The van der Waals surface area contributed by atoms with E-state index in [4.69, 9.17) is 4.74 Å². The molecule has 1 fully saturated rings. The molecule has 2 unspecified atom stereocenters. The average Bonchev–Trinajstić information content (AvgIpc) is 3.56. The molecule has 0 aliphatic heterocycles. The summed E-state index contributed by atoms with van der Waals surface area (Å²) in [7, 11) is -0.624. The number of nitrogens with one attached hydrogen (secondary N) is 2. The van der Waals surface area contributed by atoms with Crippen LogP contribution in [0.2, 0.25) is 0 Å². The van der Waals surface area contributed by atoms with Crippen molar-refractivity contribution in [2.45, 2.75) is 25.0 Å². The number of aromatic nitrogens is 1. The van der Waals surface area contributed by atoms with Crippen molar-refractivity contribution >= 4 is 49.8 Å². The van der Waals surface area contributed by atoms with Gasteiger partial charge < -0.3 is 10.1 Å². The minimum Gasteiger partial charge on any atom is -0.497 e. The molecule has 1 aromatic heterocycles. The van der Waals surface area contributed by atoms with Crippen LogP contribution in [0.3, 0.4) is 0 Å². The highest BCUT2D eigenvalue weighted by Crippen LogP contribution is 2.41. The Hall–Kier alpha value is -2.60. The first-order chi connectivity index (χ1) is 16.1. The minimum absolute atomic E-state index is 0.0247. The fraction of sp³-hybridized carbons (Fsp3) is 0.292. The highest BCUT2D eigenvalue weighted by molar-refractivity contribution is 14.1. The summed E-state index contributed by atoms with van der Waals surface area (Å²) in [6.45, 7) is 1.61. The summed E-state index contributed by atoms with van der Waals surface area (Å²) in [6, 6.07) is 13.7. The third kappa shape index (κ3) is 5.22. The van der Waals surface area contributed by atoms with E-state index in [0.717, 1.165) is 14.9 Å². The number of hydrogen-bond donors (Lipinski definition) is 2. The van der Waals surface area contributed by atoms with Gasteiger partial charge in [-0.1, -0.05) is 12.1 Å². The van der Waals surface area contributed by atoms with Gasteiger partial charge in [0.1, 0.15) is 17.4 Å². The van der Waals surface area contributed by atoms with Gasteiger partial charge in [-0.05, 0) is 90.2 Å². The number of hydrogen-bond acceptors (Lipinski definition) is 5. The van der Waals surface area contributed by atoms with Gasteiger partial charge in [0.15, 0.2) is 0 Å². The maximum absolute atomic E-state index is 14.5. The van der Waals surface area contributed by atoms with E-state index in [-0.39, 0.29) is 28.7 Å². The topological polar surface area (TPSA) is 89.4 Å². The molecule has 2 N–H and O–H groups in total. The fourth-order valence-electron chi connectivity index (χ4n) is 3.99. The molecule has 2 atom stereocenters. The van der Waals surface area contributed by atoms with E-state index >= 15 is 0 Å². The number of methoxy groups -OCH3 is 1. The molecule has 7 nitrogen and oxygen atoms in total. The van der Waals surface area contributed by atoms with Gasteiger partial charge in [0.2, 0.25) is 10.0 Å². The Morgan fingerprint density at radius 3 is 2.65 bits per heavy atom. The second kappa shape index (κ2) is 9.57. The molecule has 3 aromatic rings.